The van der Waals surface area contributed by atoms with E-state index < -0.39 is 0 Å². The van der Waals surface area contributed by atoms with E-state index in [1.54, 1.807) is 11.8 Å². The first-order chi connectivity index (χ1) is 12.4. The Kier molecular flexibility index (Phi) is 8.19. The molecule has 0 saturated carbocycles. The second-order valence-electron chi connectivity index (χ2n) is 6.09. The minimum Gasteiger partial charge on any atom is -0.355 e. The molecular formula is C20H23BrN2O2S. The van der Waals surface area contributed by atoms with Gasteiger partial charge in [-0.15, -0.1) is 11.8 Å². The van der Waals surface area contributed by atoms with Crippen LogP contribution in [0.25, 0.3) is 0 Å². The summed E-state index contributed by atoms with van der Waals surface area (Å²) in [6, 6.07) is 14.0. The summed E-state index contributed by atoms with van der Waals surface area (Å²) in [6.45, 7) is 4.33. The van der Waals surface area contributed by atoms with Crippen molar-refractivity contribution >= 4 is 45.2 Å². The molecule has 0 fully saturated rings. The van der Waals surface area contributed by atoms with Crippen LogP contribution in [-0.2, 0) is 15.3 Å². The van der Waals surface area contributed by atoms with Gasteiger partial charge >= 0.3 is 0 Å². The van der Waals surface area contributed by atoms with E-state index in [2.05, 4.69) is 51.7 Å². The van der Waals surface area contributed by atoms with Gasteiger partial charge in [-0.3, -0.25) is 9.59 Å². The van der Waals surface area contributed by atoms with Crippen molar-refractivity contribution < 1.29 is 9.59 Å². The highest BCUT2D eigenvalue weighted by Crippen LogP contribution is 2.20. The lowest BCUT2D eigenvalue weighted by Gasteiger charge is -2.09. The number of anilines is 1. The lowest BCUT2D eigenvalue weighted by Crippen LogP contribution is -2.29. The number of halogens is 1. The fourth-order valence-corrected chi connectivity index (χ4v) is 3.54. The predicted octanol–water partition coefficient (Wildman–Crippen LogP) is 4.44. The summed E-state index contributed by atoms with van der Waals surface area (Å²) in [4.78, 5) is 23.9. The van der Waals surface area contributed by atoms with Crippen molar-refractivity contribution in [1.29, 1.82) is 0 Å². The normalized spacial score (nSPS) is 10.4. The molecule has 0 aliphatic rings. The maximum Gasteiger partial charge on any atom is 0.230 e. The monoisotopic (exact) mass is 434 g/mol. The van der Waals surface area contributed by atoms with E-state index in [4.69, 9.17) is 0 Å². The van der Waals surface area contributed by atoms with Crippen molar-refractivity contribution in [3.05, 3.63) is 63.6 Å². The molecule has 2 aromatic rings. The van der Waals surface area contributed by atoms with Crippen LogP contribution in [-0.4, -0.2) is 24.1 Å². The van der Waals surface area contributed by atoms with Crippen molar-refractivity contribution in [3.63, 3.8) is 0 Å². The zero-order chi connectivity index (χ0) is 18.9. The van der Waals surface area contributed by atoms with Gasteiger partial charge in [-0.25, -0.2) is 0 Å². The van der Waals surface area contributed by atoms with Crippen LogP contribution in [0.4, 0.5) is 5.69 Å². The summed E-state index contributed by atoms with van der Waals surface area (Å²) in [6.07, 6.45) is 0.250. The Morgan fingerprint density at radius 3 is 2.65 bits per heavy atom. The number of hydrogen-bond acceptors (Lipinski definition) is 3. The number of carbonyl (C=O) groups is 2. The number of carbonyl (C=O) groups excluding carboxylic acids is 2. The number of rotatable bonds is 8. The summed E-state index contributed by atoms with van der Waals surface area (Å²) in [5.41, 5.74) is 4.22. The number of nitrogens with one attached hydrogen (secondary N) is 2. The first-order valence-electron chi connectivity index (χ1n) is 8.40. The predicted molar refractivity (Wildman–Crippen MR) is 112 cm³/mol. The number of aryl methyl sites for hydroxylation is 2. The molecule has 0 atom stereocenters. The van der Waals surface area contributed by atoms with E-state index in [1.807, 2.05) is 31.2 Å². The van der Waals surface area contributed by atoms with E-state index >= 15 is 0 Å². The molecule has 2 aromatic carbocycles. The summed E-state index contributed by atoms with van der Waals surface area (Å²) >= 11 is 4.96. The Labute approximate surface area is 167 Å². The standard InChI is InChI=1S/C20H23BrN2O2S/c1-14-4-3-5-16(10-14)12-26-13-20(25)22-9-8-19(24)23-18-11-17(21)7-6-15(18)2/h3-7,10-11H,8-9,12-13H2,1-2H3,(H,22,25)(H,23,24). The van der Waals surface area contributed by atoms with Crippen LogP contribution in [0.5, 0.6) is 0 Å². The minimum atomic E-state index is -0.112. The van der Waals surface area contributed by atoms with Crippen molar-refractivity contribution in [2.75, 3.05) is 17.6 Å². The highest BCUT2D eigenvalue weighted by atomic mass is 79.9. The molecule has 6 heteroatoms. The quantitative estimate of drug-likeness (QED) is 0.645. The molecule has 0 aliphatic heterocycles. The van der Waals surface area contributed by atoms with Gasteiger partial charge in [-0.1, -0.05) is 51.8 Å². The molecule has 2 N–H and O–H groups in total. The molecule has 0 aromatic heterocycles. The lowest BCUT2D eigenvalue weighted by atomic mass is 10.2. The Hall–Kier alpha value is -1.79. The first kappa shape index (κ1) is 20.5. The van der Waals surface area contributed by atoms with Crippen LogP contribution in [0.15, 0.2) is 46.9 Å². The SMILES string of the molecule is Cc1cccc(CSCC(=O)NCCC(=O)Nc2cc(Br)ccc2C)c1. The molecule has 0 aliphatic carbocycles. The van der Waals surface area contributed by atoms with Crippen molar-refractivity contribution in [3.8, 4) is 0 Å². The molecule has 4 nitrogen and oxygen atoms in total. The Bertz CT molecular complexity index is 780. The topological polar surface area (TPSA) is 58.2 Å². The van der Waals surface area contributed by atoms with Gasteiger partial charge < -0.3 is 10.6 Å². The molecular weight excluding hydrogens is 412 g/mol. The Morgan fingerprint density at radius 1 is 1.08 bits per heavy atom. The first-order valence-corrected chi connectivity index (χ1v) is 10.3. The summed E-state index contributed by atoms with van der Waals surface area (Å²) in [5, 5.41) is 5.66. The van der Waals surface area contributed by atoms with Crippen molar-refractivity contribution in [2.24, 2.45) is 0 Å². The zero-order valence-electron chi connectivity index (χ0n) is 15.0. The lowest BCUT2D eigenvalue weighted by molar-refractivity contribution is -0.119. The van der Waals surface area contributed by atoms with E-state index in [-0.39, 0.29) is 18.2 Å². The maximum atomic E-state index is 12.0. The number of hydrogen-bond donors (Lipinski definition) is 2. The van der Waals surface area contributed by atoms with Gasteiger partial charge in [-0.05, 0) is 37.1 Å². The molecule has 0 radical (unpaired) electrons. The molecule has 0 bridgehead atoms. The van der Waals surface area contributed by atoms with Crippen LogP contribution in [0.1, 0.15) is 23.1 Å². The van der Waals surface area contributed by atoms with Gasteiger partial charge in [0.05, 0.1) is 5.75 Å². The third-order valence-electron chi connectivity index (χ3n) is 3.73. The maximum absolute atomic E-state index is 12.0. The summed E-state index contributed by atoms with van der Waals surface area (Å²) in [5.74, 6) is 1.03. The van der Waals surface area contributed by atoms with Crippen molar-refractivity contribution in [2.45, 2.75) is 26.0 Å². The smallest absolute Gasteiger partial charge is 0.230 e. The third kappa shape index (κ3) is 7.22. The average Bonchev–Trinajstić information content (AvgIpc) is 2.58. The summed E-state index contributed by atoms with van der Waals surface area (Å²) < 4.78 is 0.914. The molecule has 0 spiro atoms. The van der Waals surface area contributed by atoms with Gasteiger partial charge in [0.1, 0.15) is 0 Å². The van der Waals surface area contributed by atoms with Crippen LogP contribution in [0.2, 0.25) is 0 Å². The van der Waals surface area contributed by atoms with E-state index in [0.717, 1.165) is 21.5 Å². The van der Waals surface area contributed by atoms with Crippen LogP contribution >= 0.6 is 27.7 Å². The van der Waals surface area contributed by atoms with E-state index in [9.17, 15) is 9.59 Å². The summed E-state index contributed by atoms with van der Waals surface area (Å²) in [7, 11) is 0. The fourth-order valence-electron chi connectivity index (χ4n) is 2.37. The zero-order valence-corrected chi connectivity index (χ0v) is 17.4. The van der Waals surface area contributed by atoms with E-state index in [0.29, 0.717) is 12.3 Å². The van der Waals surface area contributed by atoms with E-state index in [1.165, 1.54) is 11.1 Å². The van der Waals surface area contributed by atoms with Crippen LogP contribution < -0.4 is 10.6 Å². The van der Waals surface area contributed by atoms with Gasteiger partial charge in [0, 0.05) is 28.9 Å². The average molecular weight is 435 g/mol. The van der Waals surface area contributed by atoms with Crippen LogP contribution in [0.3, 0.4) is 0 Å². The number of benzene rings is 2. The Morgan fingerprint density at radius 2 is 1.88 bits per heavy atom. The highest BCUT2D eigenvalue weighted by Gasteiger charge is 2.07. The second kappa shape index (κ2) is 10.4. The highest BCUT2D eigenvalue weighted by molar-refractivity contribution is 9.10. The third-order valence-corrected chi connectivity index (χ3v) is 5.23. The molecule has 138 valence electrons. The molecule has 0 unspecified atom stereocenters. The fraction of sp³-hybridized carbons (Fsp3) is 0.300. The second-order valence-corrected chi connectivity index (χ2v) is 7.99. The van der Waals surface area contributed by atoms with Crippen LogP contribution in [0, 0.1) is 13.8 Å². The largest absolute Gasteiger partial charge is 0.355 e. The molecule has 26 heavy (non-hydrogen) atoms. The van der Waals surface area contributed by atoms with Crippen molar-refractivity contribution in [1.82, 2.24) is 5.32 Å². The number of amides is 2. The van der Waals surface area contributed by atoms with Gasteiger partial charge in [0.2, 0.25) is 11.8 Å². The number of thioether (sulfide) groups is 1. The van der Waals surface area contributed by atoms with Gasteiger partial charge in [0.25, 0.3) is 0 Å². The Balaban J connectivity index is 1.64. The minimum absolute atomic E-state index is 0.0471. The molecule has 2 rings (SSSR count). The molecule has 0 heterocycles. The molecule has 2 amide bonds. The molecule has 0 saturated heterocycles. The van der Waals surface area contributed by atoms with Gasteiger partial charge in [0.15, 0.2) is 0 Å². The van der Waals surface area contributed by atoms with Gasteiger partial charge in [-0.2, -0.15) is 0 Å².